The van der Waals surface area contributed by atoms with E-state index in [9.17, 15) is 26.4 Å². The van der Waals surface area contributed by atoms with Gasteiger partial charge in [-0.25, -0.2) is 9.97 Å². The first-order chi connectivity index (χ1) is 13.6. The Morgan fingerprint density at radius 1 is 1.17 bits per heavy atom. The summed E-state index contributed by atoms with van der Waals surface area (Å²) in [5, 5.41) is 0.0287. The highest BCUT2D eigenvalue weighted by molar-refractivity contribution is 7.98. The van der Waals surface area contributed by atoms with Crippen LogP contribution in [0.3, 0.4) is 0 Å². The lowest BCUT2D eigenvalue weighted by atomic mass is 10.2. The largest absolute Gasteiger partial charge is 0.534 e. The van der Waals surface area contributed by atoms with Crippen LogP contribution in [0.15, 0.2) is 46.5 Å². The quantitative estimate of drug-likeness (QED) is 0.255. The summed E-state index contributed by atoms with van der Waals surface area (Å²) in [4.78, 5) is 20.7. The molecule has 0 saturated heterocycles. The fourth-order valence-electron chi connectivity index (χ4n) is 2.37. The lowest BCUT2D eigenvalue weighted by molar-refractivity contribution is -0.0499. The topological polar surface area (TPSA) is 100 Å². The monoisotopic (exact) mass is 447 g/mol. The Balaban J connectivity index is 2.29. The zero-order valence-corrected chi connectivity index (χ0v) is 16.4. The molecule has 8 nitrogen and oxygen atoms in total. The second-order valence-corrected chi connectivity index (χ2v) is 7.77. The summed E-state index contributed by atoms with van der Waals surface area (Å²) in [6.45, 7) is 0. The molecule has 2 aromatic heterocycles. The third kappa shape index (κ3) is 4.00. The Kier molecular flexibility index (Phi) is 5.45. The van der Waals surface area contributed by atoms with Gasteiger partial charge < -0.3 is 8.92 Å². The molecule has 0 radical (unpaired) electrons. The van der Waals surface area contributed by atoms with Crippen molar-refractivity contribution in [1.82, 2.24) is 14.5 Å². The maximum absolute atomic E-state index is 12.7. The number of nitrogens with zero attached hydrogens (tertiary/aromatic N) is 3. The van der Waals surface area contributed by atoms with E-state index in [1.165, 1.54) is 19.2 Å². The fraction of sp³-hybridized carbons (Fsp3) is 0.188. The van der Waals surface area contributed by atoms with E-state index in [1.54, 1.807) is 18.4 Å². The summed E-state index contributed by atoms with van der Waals surface area (Å²) >= 11 is 1.13. The fourth-order valence-corrected chi connectivity index (χ4v) is 3.18. The molecule has 0 amide bonds. The van der Waals surface area contributed by atoms with Crippen LogP contribution >= 0.6 is 11.8 Å². The van der Waals surface area contributed by atoms with E-state index in [0.29, 0.717) is 17.5 Å². The van der Waals surface area contributed by atoms with E-state index in [2.05, 4.69) is 14.2 Å². The number of halogens is 3. The minimum absolute atomic E-state index is 0.116. The summed E-state index contributed by atoms with van der Waals surface area (Å²) < 4.78 is 71.3. The van der Waals surface area contributed by atoms with E-state index >= 15 is 0 Å². The van der Waals surface area contributed by atoms with Gasteiger partial charge in [0.1, 0.15) is 5.75 Å². The molecule has 0 spiro atoms. The van der Waals surface area contributed by atoms with Crippen LogP contribution in [0.2, 0.25) is 0 Å². The first-order valence-corrected chi connectivity index (χ1v) is 10.3. The van der Waals surface area contributed by atoms with Gasteiger partial charge >= 0.3 is 15.6 Å². The van der Waals surface area contributed by atoms with Gasteiger partial charge in [-0.15, -0.1) is 0 Å². The number of thioether (sulfide) groups is 1. The molecule has 0 N–H and O–H groups in total. The van der Waals surface area contributed by atoms with Crippen LogP contribution in [-0.2, 0) is 10.1 Å². The van der Waals surface area contributed by atoms with E-state index < -0.39 is 26.9 Å². The number of ether oxygens (including phenoxy) is 1. The summed E-state index contributed by atoms with van der Waals surface area (Å²) in [5.41, 5.74) is -6.29. The highest BCUT2D eigenvalue weighted by atomic mass is 32.2. The van der Waals surface area contributed by atoms with E-state index in [1.807, 2.05) is 0 Å². The molecule has 1 aromatic carbocycles. The molecule has 0 saturated carbocycles. The molecular formula is C16H12F3N3O5S2. The van der Waals surface area contributed by atoms with Gasteiger partial charge in [0.05, 0.1) is 18.2 Å². The number of alkyl halides is 3. The molecular weight excluding hydrogens is 435 g/mol. The second-order valence-electron chi connectivity index (χ2n) is 5.46. The molecule has 0 fully saturated rings. The number of pyridine rings is 1. The van der Waals surface area contributed by atoms with Crippen LogP contribution in [0.1, 0.15) is 0 Å². The number of methoxy groups -OCH3 is 1. The molecule has 0 aliphatic carbocycles. The molecule has 13 heteroatoms. The highest BCUT2D eigenvalue weighted by Gasteiger charge is 2.48. The molecule has 3 aromatic rings. The third-order valence-corrected chi connectivity index (χ3v) is 5.22. The predicted octanol–water partition coefficient (Wildman–Crippen LogP) is 2.74. The van der Waals surface area contributed by atoms with Gasteiger partial charge in [-0.2, -0.15) is 21.6 Å². The van der Waals surface area contributed by atoms with E-state index in [-0.39, 0.29) is 16.2 Å². The first-order valence-electron chi connectivity index (χ1n) is 7.69. The molecule has 3 rings (SSSR count). The van der Waals surface area contributed by atoms with Crippen molar-refractivity contribution in [2.24, 2.45) is 0 Å². The van der Waals surface area contributed by atoms with Crippen molar-refractivity contribution in [1.29, 1.82) is 0 Å². The van der Waals surface area contributed by atoms with Crippen LogP contribution in [0, 0.1) is 0 Å². The minimum Gasteiger partial charge on any atom is -0.497 e. The maximum atomic E-state index is 12.7. The molecule has 2 heterocycles. The van der Waals surface area contributed by atoms with Crippen LogP contribution in [0.25, 0.3) is 16.7 Å². The lowest BCUT2D eigenvalue weighted by Gasteiger charge is -2.14. The Morgan fingerprint density at radius 2 is 1.83 bits per heavy atom. The van der Waals surface area contributed by atoms with Gasteiger partial charge in [-0.1, -0.05) is 11.8 Å². The van der Waals surface area contributed by atoms with Gasteiger partial charge in [0, 0.05) is 12.3 Å². The van der Waals surface area contributed by atoms with Crippen molar-refractivity contribution in [2.75, 3.05) is 13.4 Å². The van der Waals surface area contributed by atoms with Crippen LogP contribution in [0.4, 0.5) is 13.2 Å². The van der Waals surface area contributed by atoms with Gasteiger partial charge in [-0.05, 0) is 30.5 Å². The summed E-state index contributed by atoms with van der Waals surface area (Å²) in [7, 11) is -4.53. The summed E-state index contributed by atoms with van der Waals surface area (Å²) in [6.07, 6.45) is 2.75. The number of fused-ring (bicyclic) bond motifs is 1. The predicted molar refractivity (Wildman–Crippen MR) is 99.1 cm³/mol. The van der Waals surface area contributed by atoms with Gasteiger partial charge in [0.2, 0.25) is 0 Å². The Morgan fingerprint density at radius 3 is 2.38 bits per heavy atom. The third-order valence-electron chi connectivity index (χ3n) is 3.69. The number of benzene rings is 1. The summed E-state index contributed by atoms with van der Waals surface area (Å²) in [5.74, 6) is -0.304. The average Bonchev–Trinajstić information content (AvgIpc) is 2.66. The normalized spacial score (nSPS) is 12.2. The van der Waals surface area contributed by atoms with E-state index in [0.717, 1.165) is 22.5 Å². The number of hydrogen-bond acceptors (Lipinski definition) is 8. The van der Waals surface area contributed by atoms with Crippen LogP contribution in [-0.4, -0.2) is 41.8 Å². The highest BCUT2D eigenvalue weighted by Crippen LogP contribution is 2.31. The zero-order valence-electron chi connectivity index (χ0n) is 14.8. The Labute approximate surface area is 166 Å². The molecule has 154 valence electrons. The van der Waals surface area contributed by atoms with E-state index in [4.69, 9.17) is 4.74 Å². The van der Waals surface area contributed by atoms with Gasteiger partial charge in [-0.3, -0.25) is 9.36 Å². The van der Waals surface area contributed by atoms with Crippen molar-refractivity contribution < 1.29 is 30.5 Å². The molecule has 29 heavy (non-hydrogen) atoms. The molecule has 0 atom stereocenters. The number of rotatable bonds is 5. The molecule has 0 aliphatic heterocycles. The standard InChI is InChI=1S/C16H12F3N3O5S2/c1-26-10-5-3-9(4-6-10)22-13(23)7-12(27-29(24,25)16(17,18)19)11-8-20-15(28-2)21-14(11)22/h3-8H,1-2H3. The van der Waals surface area contributed by atoms with Gasteiger partial charge in [0.25, 0.3) is 5.56 Å². The van der Waals surface area contributed by atoms with Crippen molar-refractivity contribution in [3.05, 3.63) is 46.9 Å². The minimum atomic E-state index is -5.99. The summed E-state index contributed by atoms with van der Waals surface area (Å²) in [6, 6.07) is 6.85. The van der Waals surface area contributed by atoms with Crippen molar-refractivity contribution in [3.8, 4) is 17.2 Å². The van der Waals surface area contributed by atoms with Gasteiger partial charge in [0.15, 0.2) is 16.6 Å². The Hall–Kier alpha value is -2.80. The maximum Gasteiger partial charge on any atom is 0.534 e. The second kappa shape index (κ2) is 7.55. The van der Waals surface area contributed by atoms with Crippen LogP contribution < -0.4 is 14.5 Å². The SMILES string of the molecule is COc1ccc(-n2c(=O)cc(OS(=O)(=O)C(F)(F)F)c3cnc(SC)nc32)cc1. The van der Waals surface area contributed by atoms with Crippen molar-refractivity contribution in [2.45, 2.75) is 10.7 Å². The molecule has 0 unspecified atom stereocenters. The lowest BCUT2D eigenvalue weighted by Crippen LogP contribution is -2.29. The number of aromatic nitrogens is 3. The average molecular weight is 447 g/mol. The molecule has 0 bridgehead atoms. The zero-order chi connectivity index (χ0) is 21.4. The number of hydrogen-bond donors (Lipinski definition) is 0. The van der Waals surface area contributed by atoms with Crippen molar-refractivity contribution >= 4 is 32.9 Å². The van der Waals surface area contributed by atoms with Crippen molar-refractivity contribution in [3.63, 3.8) is 0 Å². The first kappa shape index (κ1) is 20.9. The molecule has 0 aliphatic rings. The smallest absolute Gasteiger partial charge is 0.497 e. The Bertz CT molecular complexity index is 1230. The van der Waals surface area contributed by atoms with Crippen LogP contribution in [0.5, 0.6) is 11.5 Å².